The molecule has 0 aromatic heterocycles. The van der Waals surface area contributed by atoms with Gasteiger partial charge in [0.1, 0.15) is 0 Å². The van der Waals surface area contributed by atoms with Crippen molar-refractivity contribution in [1.82, 2.24) is 5.32 Å². The van der Waals surface area contributed by atoms with E-state index in [9.17, 15) is 4.79 Å². The van der Waals surface area contributed by atoms with Crippen LogP contribution in [0.2, 0.25) is 0 Å². The van der Waals surface area contributed by atoms with Gasteiger partial charge in [-0.25, -0.2) is 4.79 Å². The van der Waals surface area contributed by atoms with Crippen LogP contribution in [0, 0.1) is 5.92 Å². The van der Waals surface area contributed by atoms with E-state index in [1.165, 1.54) is 25.7 Å². The van der Waals surface area contributed by atoms with Crippen molar-refractivity contribution >= 4 is 11.7 Å². The minimum Gasteiger partial charge on any atom is -0.315 e. The molecule has 2 amide bonds. The molecule has 0 unspecified atom stereocenters. The number of para-hydroxylation sites is 1. The molecule has 2 N–H and O–H groups in total. The van der Waals surface area contributed by atoms with Crippen molar-refractivity contribution in [3.8, 4) is 0 Å². The topological polar surface area (TPSA) is 41.1 Å². The third-order valence-electron chi connectivity index (χ3n) is 3.63. The second-order valence-corrected chi connectivity index (χ2v) is 5.01. The zero-order valence-corrected chi connectivity index (χ0v) is 11.5. The zero-order valence-electron chi connectivity index (χ0n) is 11.5. The number of aryl methyl sites for hydroxylation is 1. The molecule has 0 saturated heterocycles. The van der Waals surface area contributed by atoms with E-state index in [1.807, 2.05) is 24.3 Å². The van der Waals surface area contributed by atoms with E-state index in [0.29, 0.717) is 5.92 Å². The van der Waals surface area contributed by atoms with E-state index in [0.717, 1.165) is 17.7 Å². The van der Waals surface area contributed by atoms with E-state index in [1.54, 1.807) is 6.20 Å². The summed E-state index contributed by atoms with van der Waals surface area (Å²) in [5.74, 6) is 0.642. The number of anilines is 1. The molecular weight excluding hydrogens is 236 g/mol. The molecule has 3 heteroatoms. The standard InChI is InChI=1S/C16H22N2O/c1-2-14-9-5-6-10-15(14)18-16(19)17-12-11-13-7-3-4-8-13/h5-6,9-13H,2-4,7-8H2,1H3,(H2,17,18,19)/b12-11+. The molecule has 0 aliphatic heterocycles. The Labute approximate surface area is 115 Å². The highest BCUT2D eigenvalue weighted by Gasteiger charge is 2.11. The zero-order chi connectivity index (χ0) is 13.5. The van der Waals surface area contributed by atoms with Crippen molar-refractivity contribution in [2.45, 2.75) is 39.0 Å². The maximum atomic E-state index is 11.8. The molecule has 0 heterocycles. The van der Waals surface area contributed by atoms with E-state index in [2.05, 4.69) is 23.6 Å². The number of carbonyl (C=O) groups excluding carboxylic acids is 1. The van der Waals surface area contributed by atoms with Gasteiger partial charge >= 0.3 is 6.03 Å². The van der Waals surface area contributed by atoms with Gasteiger partial charge in [-0.15, -0.1) is 0 Å². The predicted octanol–water partition coefficient (Wildman–Crippen LogP) is 4.07. The molecule has 1 aliphatic carbocycles. The number of rotatable bonds is 4. The third-order valence-corrected chi connectivity index (χ3v) is 3.63. The fourth-order valence-electron chi connectivity index (χ4n) is 2.52. The Morgan fingerprint density at radius 2 is 2.05 bits per heavy atom. The molecule has 19 heavy (non-hydrogen) atoms. The van der Waals surface area contributed by atoms with Crippen LogP contribution in [0.3, 0.4) is 0 Å². The highest BCUT2D eigenvalue weighted by molar-refractivity contribution is 5.90. The number of benzene rings is 1. The summed E-state index contributed by atoms with van der Waals surface area (Å²) in [6.45, 7) is 2.08. The number of urea groups is 1. The molecule has 0 radical (unpaired) electrons. The number of amides is 2. The lowest BCUT2D eigenvalue weighted by Crippen LogP contribution is -2.24. The van der Waals surface area contributed by atoms with Gasteiger partial charge in [0.2, 0.25) is 0 Å². The van der Waals surface area contributed by atoms with Gasteiger partial charge in [0.15, 0.2) is 0 Å². The molecule has 0 bridgehead atoms. The Kier molecular flexibility index (Phi) is 5.01. The Balaban J connectivity index is 1.83. The van der Waals surface area contributed by atoms with Crippen LogP contribution in [-0.2, 0) is 6.42 Å². The van der Waals surface area contributed by atoms with Crippen LogP contribution in [0.4, 0.5) is 10.5 Å². The molecular formula is C16H22N2O. The molecule has 0 atom stereocenters. The van der Waals surface area contributed by atoms with E-state index >= 15 is 0 Å². The monoisotopic (exact) mass is 258 g/mol. The molecule has 1 aromatic rings. The van der Waals surface area contributed by atoms with Crippen molar-refractivity contribution in [3.63, 3.8) is 0 Å². The summed E-state index contributed by atoms with van der Waals surface area (Å²) in [5.41, 5.74) is 2.04. The number of hydrogen-bond acceptors (Lipinski definition) is 1. The number of nitrogens with one attached hydrogen (secondary N) is 2. The van der Waals surface area contributed by atoms with Crippen molar-refractivity contribution in [2.75, 3.05) is 5.32 Å². The van der Waals surface area contributed by atoms with Gasteiger partial charge in [0.05, 0.1) is 0 Å². The summed E-state index contributed by atoms with van der Waals surface area (Å²) in [7, 11) is 0. The molecule has 1 saturated carbocycles. The van der Waals surface area contributed by atoms with Crippen LogP contribution < -0.4 is 10.6 Å². The Hall–Kier alpha value is -1.77. The summed E-state index contributed by atoms with van der Waals surface area (Å²) in [5, 5.41) is 5.66. The summed E-state index contributed by atoms with van der Waals surface area (Å²) in [6, 6.07) is 7.71. The lowest BCUT2D eigenvalue weighted by atomic mass is 10.1. The second kappa shape index (κ2) is 6.98. The van der Waals surface area contributed by atoms with Crippen LogP contribution in [0.25, 0.3) is 0 Å². The first-order chi connectivity index (χ1) is 9.29. The Morgan fingerprint density at radius 3 is 2.79 bits per heavy atom. The summed E-state index contributed by atoms with van der Waals surface area (Å²) in [6.07, 6.45) is 9.92. The molecule has 2 rings (SSSR count). The minimum atomic E-state index is -0.171. The number of carbonyl (C=O) groups is 1. The van der Waals surface area contributed by atoms with Crippen LogP contribution in [0.15, 0.2) is 36.5 Å². The van der Waals surface area contributed by atoms with Crippen LogP contribution in [0.5, 0.6) is 0 Å². The second-order valence-electron chi connectivity index (χ2n) is 5.01. The van der Waals surface area contributed by atoms with Gasteiger partial charge in [0.25, 0.3) is 0 Å². The normalized spacial score (nSPS) is 15.8. The van der Waals surface area contributed by atoms with Gasteiger partial charge in [-0.2, -0.15) is 0 Å². The third kappa shape index (κ3) is 4.12. The van der Waals surface area contributed by atoms with Crippen LogP contribution >= 0.6 is 0 Å². The maximum Gasteiger partial charge on any atom is 0.323 e. The number of hydrogen-bond donors (Lipinski definition) is 2. The molecule has 102 valence electrons. The Morgan fingerprint density at radius 1 is 1.32 bits per heavy atom. The van der Waals surface area contributed by atoms with Crippen molar-refractivity contribution in [3.05, 3.63) is 42.1 Å². The highest BCUT2D eigenvalue weighted by atomic mass is 16.2. The van der Waals surface area contributed by atoms with E-state index in [-0.39, 0.29) is 6.03 Å². The van der Waals surface area contributed by atoms with Crippen molar-refractivity contribution in [1.29, 1.82) is 0 Å². The van der Waals surface area contributed by atoms with Gasteiger partial charge in [0, 0.05) is 11.9 Å². The predicted molar refractivity (Wildman–Crippen MR) is 79.1 cm³/mol. The fraction of sp³-hybridized carbons (Fsp3) is 0.438. The molecule has 1 aromatic carbocycles. The lowest BCUT2D eigenvalue weighted by molar-refractivity contribution is 0.255. The summed E-state index contributed by atoms with van der Waals surface area (Å²) >= 11 is 0. The maximum absolute atomic E-state index is 11.8. The first-order valence-electron chi connectivity index (χ1n) is 7.11. The number of allylic oxidation sites excluding steroid dienone is 1. The average molecular weight is 258 g/mol. The molecule has 0 spiro atoms. The smallest absolute Gasteiger partial charge is 0.315 e. The molecule has 3 nitrogen and oxygen atoms in total. The first-order valence-corrected chi connectivity index (χ1v) is 7.11. The van der Waals surface area contributed by atoms with Gasteiger partial charge in [-0.05, 0) is 36.8 Å². The average Bonchev–Trinajstić information content (AvgIpc) is 2.92. The van der Waals surface area contributed by atoms with Gasteiger partial charge in [-0.3, -0.25) is 0 Å². The van der Waals surface area contributed by atoms with Crippen LogP contribution in [-0.4, -0.2) is 6.03 Å². The van der Waals surface area contributed by atoms with Gasteiger partial charge in [-0.1, -0.05) is 44.0 Å². The van der Waals surface area contributed by atoms with E-state index < -0.39 is 0 Å². The first kappa shape index (κ1) is 13.7. The largest absolute Gasteiger partial charge is 0.323 e. The summed E-state index contributed by atoms with van der Waals surface area (Å²) in [4.78, 5) is 11.8. The lowest BCUT2D eigenvalue weighted by Gasteiger charge is -2.09. The van der Waals surface area contributed by atoms with E-state index in [4.69, 9.17) is 0 Å². The van der Waals surface area contributed by atoms with Crippen LogP contribution in [0.1, 0.15) is 38.2 Å². The highest BCUT2D eigenvalue weighted by Crippen LogP contribution is 2.25. The molecule has 1 aliphatic rings. The van der Waals surface area contributed by atoms with Crippen molar-refractivity contribution in [2.24, 2.45) is 5.92 Å². The quantitative estimate of drug-likeness (QED) is 0.839. The SMILES string of the molecule is CCc1ccccc1NC(=O)N/C=C/C1CCCC1. The minimum absolute atomic E-state index is 0.171. The molecule has 1 fully saturated rings. The van der Waals surface area contributed by atoms with Crippen molar-refractivity contribution < 1.29 is 4.79 Å². The van der Waals surface area contributed by atoms with Gasteiger partial charge < -0.3 is 10.6 Å². The summed E-state index contributed by atoms with van der Waals surface area (Å²) < 4.78 is 0. The Bertz CT molecular complexity index is 448. The fourth-order valence-corrected chi connectivity index (χ4v) is 2.52.